The molecule has 3 heteroatoms. The van der Waals surface area contributed by atoms with Crippen LogP contribution in [0.3, 0.4) is 0 Å². The highest BCUT2D eigenvalue weighted by atomic mass is 32.1. The summed E-state index contributed by atoms with van der Waals surface area (Å²) >= 11 is 1.78. The van der Waals surface area contributed by atoms with E-state index in [4.69, 9.17) is 4.98 Å². The van der Waals surface area contributed by atoms with E-state index in [0.29, 0.717) is 0 Å². The van der Waals surface area contributed by atoms with Crippen molar-refractivity contribution in [3.05, 3.63) is 65.7 Å². The van der Waals surface area contributed by atoms with E-state index in [2.05, 4.69) is 79.3 Å². The molecule has 0 unspecified atom stereocenters. The molecule has 4 aromatic rings. The maximum atomic E-state index is 4.84. The van der Waals surface area contributed by atoms with Crippen molar-refractivity contribution in [1.29, 1.82) is 0 Å². The van der Waals surface area contributed by atoms with Crippen molar-refractivity contribution < 1.29 is 0 Å². The van der Waals surface area contributed by atoms with Gasteiger partial charge in [0.15, 0.2) is 5.82 Å². The first-order chi connectivity index (χ1) is 10.7. The molecule has 2 nitrogen and oxygen atoms in total. The minimum absolute atomic E-state index is 1.02. The summed E-state index contributed by atoms with van der Waals surface area (Å²) < 4.78 is 2.11. The Labute approximate surface area is 133 Å². The van der Waals surface area contributed by atoms with Gasteiger partial charge in [-0.15, -0.1) is 11.3 Å². The number of rotatable bonds is 2. The molecule has 0 spiro atoms. The highest BCUT2D eigenvalue weighted by Gasteiger charge is 2.11. The van der Waals surface area contributed by atoms with Crippen LogP contribution in [0.1, 0.15) is 4.88 Å². The topological polar surface area (TPSA) is 17.8 Å². The third-order valence-electron chi connectivity index (χ3n) is 3.88. The van der Waals surface area contributed by atoms with Crippen LogP contribution in [0.15, 0.2) is 60.8 Å². The molecule has 0 saturated carbocycles. The average molecular weight is 304 g/mol. The molecule has 4 rings (SSSR count). The molecule has 2 heterocycles. The van der Waals surface area contributed by atoms with Crippen LogP contribution < -0.4 is 0 Å². The monoisotopic (exact) mass is 304 g/mol. The fourth-order valence-electron chi connectivity index (χ4n) is 2.74. The fourth-order valence-corrected chi connectivity index (χ4v) is 3.64. The molecule has 108 valence electrons. The van der Waals surface area contributed by atoms with Gasteiger partial charge in [0.25, 0.3) is 0 Å². The molecule has 0 aliphatic rings. The minimum Gasteiger partial charge on any atom is -0.333 e. The Balaban J connectivity index is 1.81. The first-order valence-corrected chi connectivity index (χ1v) is 8.12. The summed E-state index contributed by atoms with van der Waals surface area (Å²) in [5.41, 5.74) is 2.18. The van der Waals surface area contributed by atoms with Gasteiger partial charge in [-0.3, -0.25) is 0 Å². The summed E-state index contributed by atoms with van der Waals surface area (Å²) in [5.74, 6) is 1.03. The van der Waals surface area contributed by atoms with Gasteiger partial charge in [-0.25, -0.2) is 4.98 Å². The normalized spacial score (nSPS) is 11.2. The van der Waals surface area contributed by atoms with Crippen LogP contribution in [0.25, 0.3) is 32.7 Å². The second kappa shape index (κ2) is 5.11. The first kappa shape index (κ1) is 13.3. The van der Waals surface area contributed by atoms with Crippen LogP contribution in [0.5, 0.6) is 0 Å². The molecule has 0 aliphatic carbocycles. The number of benzene rings is 2. The summed E-state index contributed by atoms with van der Waals surface area (Å²) in [7, 11) is 2.06. The number of aryl methyl sites for hydroxylation is 2. The van der Waals surface area contributed by atoms with Crippen LogP contribution in [-0.2, 0) is 7.05 Å². The summed E-state index contributed by atoms with van der Waals surface area (Å²) in [6.07, 6.45) is 2.11. The number of nitrogens with zero attached hydrogens (tertiary/aromatic N) is 2. The standard InChI is InChI=1S/C19H16N2S/c1-13-7-10-18(22-13)19-20-17(12-21(19)2)16-9-8-14-5-3-4-6-15(14)11-16/h3-12H,1-2H3. The number of aromatic nitrogens is 2. The predicted octanol–water partition coefficient (Wildman–Crippen LogP) is 5.28. The summed E-state index contributed by atoms with van der Waals surface area (Å²) in [5, 5.41) is 2.51. The number of thiophene rings is 1. The van der Waals surface area contributed by atoms with E-state index < -0.39 is 0 Å². The predicted molar refractivity (Wildman–Crippen MR) is 94.2 cm³/mol. The van der Waals surface area contributed by atoms with Crippen molar-refractivity contribution in [3.63, 3.8) is 0 Å². The van der Waals surface area contributed by atoms with Gasteiger partial charge in [-0.2, -0.15) is 0 Å². The van der Waals surface area contributed by atoms with E-state index in [1.54, 1.807) is 11.3 Å². The maximum absolute atomic E-state index is 4.84. The third-order valence-corrected chi connectivity index (χ3v) is 4.88. The SMILES string of the molecule is Cc1ccc(-c2nc(-c3ccc4ccccc4c3)cn2C)s1. The largest absolute Gasteiger partial charge is 0.333 e. The molecule has 0 radical (unpaired) electrons. The molecule has 0 atom stereocenters. The van der Waals surface area contributed by atoms with Gasteiger partial charge in [0, 0.05) is 23.7 Å². The van der Waals surface area contributed by atoms with Gasteiger partial charge in [-0.05, 0) is 35.9 Å². The zero-order valence-corrected chi connectivity index (χ0v) is 13.4. The number of fused-ring (bicyclic) bond motifs is 1. The van der Waals surface area contributed by atoms with Gasteiger partial charge in [-0.1, -0.05) is 36.4 Å². The minimum atomic E-state index is 1.02. The smallest absolute Gasteiger partial charge is 0.150 e. The van der Waals surface area contributed by atoms with Gasteiger partial charge in [0.1, 0.15) is 0 Å². The van der Waals surface area contributed by atoms with Crippen molar-refractivity contribution in [2.24, 2.45) is 7.05 Å². The molecule has 22 heavy (non-hydrogen) atoms. The second-order valence-corrected chi connectivity index (χ2v) is 6.82. The number of hydrogen-bond acceptors (Lipinski definition) is 2. The van der Waals surface area contributed by atoms with E-state index in [1.165, 1.54) is 20.5 Å². The lowest BCUT2D eigenvalue weighted by atomic mass is 10.1. The van der Waals surface area contributed by atoms with Gasteiger partial charge < -0.3 is 4.57 Å². The Morgan fingerprint density at radius 3 is 2.55 bits per heavy atom. The van der Waals surface area contributed by atoms with Crippen LogP contribution in [-0.4, -0.2) is 9.55 Å². The number of hydrogen-bond donors (Lipinski definition) is 0. The van der Waals surface area contributed by atoms with Crippen LogP contribution in [0.2, 0.25) is 0 Å². The quantitative estimate of drug-likeness (QED) is 0.493. The molecule has 0 bridgehead atoms. The molecular formula is C19H16N2S. The summed E-state index contributed by atoms with van der Waals surface area (Å²) in [6, 6.07) is 19.2. The Morgan fingerprint density at radius 2 is 1.77 bits per heavy atom. The van der Waals surface area contributed by atoms with Crippen molar-refractivity contribution >= 4 is 22.1 Å². The Morgan fingerprint density at radius 1 is 0.955 bits per heavy atom. The van der Waals surface area contributed by atoms with E-state index >= 15 is 0 Å². The van der Waals surface area contributed by atoms with Crippen molar-refractivity contribution in [1.82, 2.24) is 9.55 Å². The van der Waals surface area contributed by atoms with Gasteiger partial charge >= 0.3 is 0 Å². The molecule has 0 N–H and O–H groups in total. The molecule has 0 amide bonds. The molecule has 0 fully saturated rings. The van der Waals surface area contributed by atoms with E-state index in [1.807, 2.05) is 0 Å². The molecule has 0 saturated heterocycles. The van der Waals surface area contributed by atoms with Crippen molar-refractivity contribution in [2.75, 3.05) is 0 Å². The summed E-state index contributed by atoms with van der Waals surface area (Å²) in [6.45, 7) is 2.13. The lowest BCUT2D eigenvalue weighted by molar-refractivity contribution is 0.928. The molecule has 0 aliphatic heterocycles. The van der Waals surface area contributed by atoms with E-state index in [9.17, 15) is 0 Å². The van der Waals surface area contributed by atoms with Crippen molar-refractivity contribution in [3.8, 4) is 22.0 Å². The average Bonchev–Trinajstić information content (AvgIpc) is 3.12. The second-order valence-electron chi connectivity index (χ2n) is 5.53. The fraction of sp³-hybridized carbons (Fsp3) is 0.105. The Kier molecular flexibility index (Phi) is 3.09. The zero-order chi connectivity index (χ0) is 15.1. The van der Waals surface area contributed by atoms with Crippen LogP contribution in [0, 0.1) is 6.92 Å². The Hall–Kier alpha value is -2.39. The zero-order valence-electron chi connectivity index (χ0n) is 12.6. The third kappa shape index (κ3) is 2.24. The molecule has 2 aromatic carbocycles. The lowest BCUT2D eigenvalue weighted by Gasteiger charge is -2.00. The van der Waals surface area contributed by atoms with Crippen molar-refractivity contribution in [2.45, 2.75) is 6.92 Å². The van der Waals surface area contributed by atoms with E-state index in [-0.39, 0.29) is 0 Å². The van der Waals surface area contributed by atoms with E-state index in [0.717, 1.165) is 17.1 Å². The number of imidazole rings is 1. The first-order valence-electron chi connectivity index (χ1n) is 7.30. The highest BCUT2D eigenvalue weighted by molar-refractivity contribution is 7.15. The lowest BCUT2D eigenvalue weighted by Crippen LogP contribution is -1.87. The Bertz CT molecular complexity index is 962. The van der Waals surface area contributed by atoms with Crippen LogP contribution in [0.4, 0.5) is 0 Å². The molecule has 2 aromatic heterocycles. The van der Waals surface area contributed by atoms with Gasteiger partial charge in [0.2, 0.25) is 0 Å². The molecular weight excluding hydrogens is 288 g/mol. The van der Waals surface area contributed by atoms with Crippen LogP contribution >= 0.6 is 11.3 Å². The van der Waals surface area contributed by atoms with Gasteiger partial charge in [0.05, 0.1) is 10.6 Å². The summed E-state index contributed by atoms with van der Waals surface area (Å²) in [4.78, 5) is 7.37. The highest BCUT2D eigenvalue weighted by Crippen LogP contribution is 2.30. The maximum Gasteiger partial charge on any atom is 0.150 e.